The molecule has 6 nitrogen and oxygen atoms in total. The number of benzene rings is 2. The molecule has 4 rings (SSSR count). The molecule has 0 aliphatic heterocycles. The van der Waals surface area contributed by atoms with Crippen molar-refractivity contribution >= 4 is 22.5 Å². The highest BCUT2D eigenvalue weighted by atomic mass is 19.1. The van der Waals surface area contributed by atoms with Crippen LogP contribution in [0.2, 0.25) is 0 Å². The fourth-order valence-corrected chi connectivity index (χ4v) is 3.46. The zero-order valence-corrected chi connectivity index (χ0v) is 16.9. The summed E-state index contributed by atoms with van der Waals surface area (Å²) in [5.74, 6) is -0.614. The zero-order chi connectivity index (χ0) is 21.3. The van der Waals surface area contributed by atoms with Crippen LogP contribution in [0.1, 0.15) is 17.0 Å². The molecule has 0 bridgehead atoms. The summed E-state index contributed by atoms with van der Waals surface area (Å²) in [6.45, 7) is 3.49. The van der Waals surface area contributed by atoms with Gasteiger partial charge < -0.3 is 14.6 Å². The van der Waals surface area contributed by atoms with Crippen molar-refractivity contribution < 1.29 is 13.9 Å². The molecule has 0 saturated heterocycles. The number of ether oxygens (including phenoxy) is 1. The molecular weight excluding hydrogens is 383 g/mol. The molecule has 30 heavy (non-hydrogen) atoms. The van der Waals surface area contributed by atoms with Crippen LogP contribution < -0.4 is 10.1 Å². The van der Waals surface area contributed by atoms with Crippen molar-refractivity contribution in [2.75, 3.05) is 5.32 Å². The monoisotopic (exact) mass is 404 g/mol. The van der Waals surface area contributed by atoms with E-state index >= 15 is 0 Å². The topological polar surface area (TPSA) is 69.0 Å². The third-order valence-electron chi connectivity index (χ3n) is 4.88. The van der Waals surface area contributed by atoms with Gasteiger partial charge in [0.15, 0.2) is 11.6 Å². The zero-order valence-electron chi connectivity index (χ0n) is 16.9. The number of hydrogen-bond acceptors (Lipinski definition) is 4. The van der Waals surface area contributed by atoms with Gasteiger partial charge in [-0.15, -0.1) is 0 Å². The van der Waals surface area contributed by atoms with E-state index in [2.05, 4.69) is 15.3 Å². The Morgan fingerprint density at radius 3 is 2.47 bits per heavy atom. The number of anilines is 1. The van der Waals surface area contributed by atoms with Gasteiger partial charge in [-0.05, 0) is 37.6 Å². The van der Waals surface area contributed by atoms with Crippen LogP contribution in [0.3, 0.4) is 0 Å². The van der Waals surface area contributed by atoms with Crippen LogP contribution in [0.5, 0.6) is 11.8 Å². The van der Waals surface area contributed by atoms with Crippen LogP contribution >= 0.6 is 0 Å². The Morgan fingerprint density at radius 2 is 1.73 bits per heavy atom. The molecule has 2 aromatic carbocycles. The van der Waals surface area contributed by atoms with Crippen LogP contribution in [-0.2, 0) is 18.3 Å². The molecule has 0 saturated carbocycles. The van der Waals surface area contributed by atoms with E-state index in [-0.39, 0.29) is 24.1 Å². The number of carbonyl (C=O) groups is 1. The predicted octanol–water partition coefficient (Wildman–Crippen LogP) is 4.70. The second-order valence-electron chi connectivity index (χ2n) is 7.09. The van der Waals surface area contributed by atoms with Gasteiger partial charge in [-0.1, -0.05) is 30.3 Å². The Bertz CT molecular complexity index is 1230. The van der Waals surface area contributed by atoms with E-state index < -0.39 is 5.82 Å². The Morgan fingerprint density at radius 1 is 1.07 bits per heavy atom. The van der Waals surface area contributed by atoms with Crippen molar-refractivity contribution in [1.29, 1.82) is 0 Å². The molecule has 0 aliphatic rings. The standard InChI is InChI=1S/C23H21FN4O2/c1-14-22(15(2)26-23(25-14)30-20-11-7-5-9-18(20)24)27-21(29)12-16-13-28(3)19-10-6-4-8-17(16)19/h4-11,13H,12H2,1-3H3,(H,27,29). The van der Waals surface area contributed by atoms with Crippen LogP contribution in [0, 0.1) is 19.7 Å². The minimum atomic E-state index is -0.496. The average molecular weight is 404 g/mol. The predicted molar refractivity (Wildman–Crippen MR) is 113 cm³/mol. The fourth-order valence-electron chi connectivity index (χ4n) is 3.46. The minimum absolute atomic E-state index is 0.0298. The summed E-state index contributed by atoms with van der Waals surface area (Å²) >= 11 is 0. The van der Waals surface area contributed by atoms with E-state index in [1.807, 2.05) is 42.1 Å². The lowest BCUT2D eigenvalue weighted by atomic mass is 10.1. The van der Waals surface area contributed by atoms with Crippen molar-refractivity contribution in [2.24, 2.45) is 7.05 Å². The summed E-state index contributed by atoms with van der Waals surface area (Å²) in [6.07, 6.45) is 2.19. The van der Waals surface area contributed by atoms with Crippen LogP contribution in [0.4, 0.5) is 10.1 Å². The smallest absolute Gasteiger partial charge is 0.322 e. The Balaban J connectivity index is 1.53. The van der Waals surface area contributed by atoms with Crippen molar-refractivity contribution in [3.8, 4) is 11.8 Å². The summed E-state index contributed by atoms with van der Waals surface area (Å²) in [7, 11) is 1.96. The molecule has 0 atom stereocenters. The number of fused-ring (bicyclic) bond motifs is 1. The number of aryl methyl sites for hydroxylation is 3. The summed E-state index contributed by atoms with van der Waals surface area (Å²) in [4.78, 5) is 21.2. The van der Waals surface area contributed by atoms with E-state index in [1.54, 1.807) is 26.0 Å². The van der Waals surface area contributed by atoms with E-state index in [4.69, 9.17) is 4.74 Å². The molecule has 0 spiro atoms. The van der Waals surface area contributed by atoms with Gasteiger partial charge in [-0.25, -0.2) is 4.39 Å². The first-order valence-electron chi connectivity index (χ1n) is 9.53. The summed E-state index contributed by atoms with van der Waals surface area (Å²) in [5, 5.41) is 3.95. The van der Waals surface area contributed by atoms with Crippen molar-refractivity contribution in [2.45, 2.75) is 20.3 Å². The Labute approximate surface area is 173 Å². The normalized spacial score (nSPS) is 10.9. The Kier molecular flexibility index (Phi) is 5.18. The molecule has 0 fully saturated rings. The molecule has 0 aliphatic carbocycles. The van der Waals surface area contributed by atoms with Crippen molar-refractivity contribution in [1.82, 2.24) is 14.5 Å². The number of carbonyl (C=O) groups excluding carboxylic acids is 1. The van der Waals surface area contributed by atoms with E-state index in [9.17, 15) is 9.18 Å². The number of aromatic nitrogens is 3. The fraction of sp³-hybridized carbons (Fsp3) is 0.174. The SMILES string of the molecule is Cc1nc(Oc2ccccc2F)nc(C)c1NC(=O)Cc1cn(C)c2ccccc12. The molecule has 0 unspecified atom stereocenters. The molecule has 1 amide bonds. The van der Waals surface area contributed by atoms with Gasteiger partial charge in [0.25, 0.3) is 0 Å². The number of rotatable bonds is 5. The van der Waals surface area contributed by atoms with Crippen LogP contribution in [0.25, 0.3) is 10.9 Å². The third-order valence-corrected chi connectivity index (χ3v) is 4.88. The lowest BCUT2D eigenvalue weighted by Gasteiger charge is -2.12. The second kappa shape index (κ2) is 7.94. The van der Waals surface area contributed by atoms with Gasteiger partial charge in [-0.3, -0.25) is 4.79 Å². The number of para-hydroxylation sites is 2. The van der Waals surface area contributed by atoms with E-state index in [1.165, 1.54) is 12.1 Å². The number of nitrogens with one attached hydrogen (secondary N) is 1. The van der Waals surface area contributed by atoms with Gasteiger partial charge in [0.1, 0.15) is 0 Å². The van der Waals surface area contributed by atoms with Gasteiger partial charge in [0.2, 0.25) is 5.91 Å². The van der Waals surface area contributed by atoms with Gasteiger partial charge in [0, 0.05) is 24.1 Å². The quantitative estimate of drug-likeness (QED) is 0.524. The lowest BCUT2D eigenvalue weighted by Crippen LogP contribution is -2.17. The molecule has 7 heteroatoms. The molecule has 2 aromatic heterocycles. The maximum atomic E-state index is 13.8. The number of nitrogens with zero attached hydrogens (tertiary/aromatic N) is 3. The largest absolute Gasteiger partial charge is 0.421 e. The Hall–Kier alpha value is -3.74. The molecule has 0 radical (unpaired) electrons. The third kappa shape index (κ3) is 3.87. The average Bonchev–Trinajstić information content (AvgIpc) is 3.02. The first kappa shape index (κ1) is 19.6. The highest BCUT2D eigenvalue weighted by Crippen LogP contribution is 2.26. The maximum absolute atomic E-state index is 13.8. The number of hydrogen-bond donors (Lipinski definition) is 1. The summed E-state index contributed by atoms with van der Waals surface area (Å²) < 4.78 is 21.3. The highest BCUT2D eigenvalue weighted by molar-refractivity contribution is 5.96. The van der Waals surface area contributed by atoms with Crippen LogP contribution in [-0.4, -0.2) is 20.4 Å². The number of halogens is 1. The summed E-state index contributed by atoms with van der Waals surface area (Å²) in [5.41, 5.74) is 3.63. The van der Waals surface area contributed by atoms with Crippen molar-refractivity contribution in [3.05, 3.63) is 77.5 Å². The lowest BCUT2D eigenvalue weighted by molar-refractivity contribution is -0.115. The maximum Gasteiger partial charge on any atom is 0.322 e. The van der Waals surface area contributed by atoms with Gasteiger partial charge in [-0.2, -0.15) is 9.97 Å². The summed E-state index contributed by atoms with van der Waals surface area (Å²) in [6, 6.07) is 14.0. The molecule has 2 heterocycles. The van der Waals surface area contributed by atoms with Crippen LogP contribution in [0.15, 0.2) is 54.7 Å². The van der Waals surface area contributed by atoms with Gasteiger partial charge >= 0.3 is 6.01 Å². The van der Waals surface area contributed by atoms with Gasteiger partial charge in [0.05, 0.1) is 23.5 Å². The first-order valence-corrected chi connectivity index (χ1v) is 9.53. The number of amides is 1. The van der Waals surface area contributed by atoms with E-state index in [0.29, 0.717) is 17.1 Å². The van der Waals surface area contributed by atoms with E-state index in [0.717, 1.165) is 16.5 Å². The first-order chi connectivity index (χ1) is 14.4. The molecule has 1 N–H and O–H groups in total. The molecule has 4 aromatic rings. The molecule has 152 valence electrons. The van der Waals surface area contributed by atoms with Crippen molar-refractivity contribution in [3.63, 3.8) is 0 Å². The second-order valence-corrected chi connectivity index (χ2v) is 7.09. The molecular formula is C23H21FN4O2. The minimum Gasteiger partial charge on any atom is -0.421 e. The highest BCUT2D eigenvalue weighted by Gasteiger charge is 2.16.